The maximum Gasteiger partial charge on any atom is 0.498 e. The zero-order valence-electron chi connectivity index (χ0n) is 26.7. The lowest BCUT2D eigenvalue weighted by Crippen LogP contribution is -2.50. The first kappa shape index (κ1) is 14.2. The topological polar surface area (TPSA) is 60.5 Å². The number of anilines is 1. The number of hydrogen-bond acceptors (Lipinski definition) is 6. The maximum absolute atomic E-state index is 12.9. The van der Waals surface area contributed by atoms with Gasteiger partial charge in [-0.3, -0.25) is 0 Å². The molecule has 1 aromatic rings. The molecule has 0 saturated carbocycles. The molecule has 2 saturated heterocycles. The van der Waals surface area contributed by atoms with Crippen LogP contribution in [0.2, 0.25) is 0 Å². The number of hydrogen-bond donors (Lipinski definition) is 0. The molecule has 0 N–H and O–H groups in total. The van der Waals surface area contributed by atoms with Crippen molar-refractivity contribution in [2.75, 3.05) is 38.0 Å². The van der Waals surface area contributed by atoms with Crippen LogP contribution in [0.5, 0.6) is 5.75 Å². The molecule has 0 spiro atoms. The fraction of sp³-hybridized carbons (Fsp3) is 0.682. The van der Waals surface area contributed by atoms with Crippen molar-refractivity contribution in [3.8, 4) is 5.75 Å². The van der Waals surface area contributed by atoms with Crippen LogP contribution in [-0.2, 0) is 14.0 Å². The summed E-state index contributed by atoms with van der Waals surface area (Å²) in [6, 6.07) is 4.02. The molecule has 2 aliphatic rings. The Labute approximate surface area is 192 Å². The highest BCUT2D eigenvalue weighted by Crippen LogP contribution is 2.37. The average molecular weight is 426 g/mol. The van der Waals surface area contributed by atoms with Gasteiger partial charge in [0.2, 0.25) is 0 Å². The third kappa shape index (κ3) is 4.70. The maximum atomic E-state index is 12.9. The second-order valence-electron chi connectivity index (χ2n) is 9.11. The van der Waals surface area contributed by atoms with Crippen LogP contribution >= 0.6 is 0 Å². The lowest BCUT2D eigenvalue weighted by atomic mass is 9.78. The van der Waals surface area contributed by atoms with Crippen LogP contribution in [0, 0.1) is 0 Å². The van der Waals surface area contributed by atoms with E-state index < -0.39 is 56.0 Å². The van der Waals surface area contributed by atoms with Crippen LogP contribution < -0.4 is 15.1 Å². The molecular weight excluding hydrogens is 383 g/mol. The summed E-state index contributed by atoms with van der Waals surface area (Å²) in [6.07, 6.45) is -1.53. The molecule has 7 nitrogen and oxygen atoms in total. The molecule has 0 aliphatic carbocycles. The molecule has 0 unspecified atom stereocenters. The third-order valence-electron chi connectivity index (χ3n) is 5.11. The summed E-state index contributed by atoms with van der Waals surface area (Å²) < 4.78 is 91.3. The molecule has 2 aliphatic heterocycles. The first-order valence-electron chi connectivity index (χ1n) is 13.7. The fourth-order valence-corrected chi connectivity index (χ4v) is 2.79. The normalized spacial score (nSPS) is 31.7. The summed E-state index contributed by atoms with van der Waals surface area (Å²) in [6.45, 7) is -1.39. The van der Waals surface area contributed by atoms with Gasteiger partial charge >= 0.3 is 13.2 Å². The number of ether oxygens (including phenoxy) is 2. The standard InChI is InChI=1S/C22H35BN2O5/c1-20(2,3)28-19(26)25-13-11-24(12-14-25)16-9-10-17(18(15-16)27-8)23-29-21(4,5)22(6,7)30-23/h9-10,15H,11-14H2,1-8H3/i11D2,12D2,13D2,14D2. The lowest BCUT2D eigenvalue weighted by molar-refractivity contribution is 0.00578. The molecular formula is C22H35BN2O5. The number of carbonyl (C=O) groups excluding carboxylic acids is 1. The van der Waals surface area contributed by atoms with Gasteiger partial charge in [0.15, 0.2) is 0 Å². The number of rotatable bonds is 3. The number of piperazine rings is 1. The highest BCUT2D eigenvalue weighted by atomic mass is 16.7. The molecule has 1 aromatic carbocycles. The summed E-state index contributed by atoms with van der Waals surface area (Å²) in [7, 11) is 0.482. The highest BCUT2D eigenvalue weighted by molar-refractivity contribution is 6.63. The Morgan fingerprint density at radius 2 is 1.67 bits per heavy atom. The predicted molar refractivity (Wildman–Crippen MR) is 119 cm³/mol. The Bertz CT molecular complexity index is 1070. The van der Waals surface area contributed by atoms with E-state index in [1.54, 1.807) is 0 Å². The molecule has 0 bridgehead atoms. The van der Waals surface area contributed by atoms with E-state index in [2.05, 4.69) is 0 Å². The Morgan fingerprint density at radius 1 is 1.10 bits per heavy atom. The Morgan fingerprint density at radius 3 is 2.17 bits per heavy atom. The minimum absolute atomic E-state index is 0.128. The Hall–Kier alpha value is -1.93. The predicted octanol–water partition coefficient (Wildman–Crippen LogP) is 3.05. The van der Waals surface area contributed by atoms with Gasteiger partial charge in [-0.05, 0) is 54.5 Å². The van der Waals surface area contributed by atoms with Crippen LogP contribution in [0.1, 0.15) is 59.4 Å². The van der Waals surface area contributed by atoms with Crippen molar-refractivity contribution in [1.82, 2.24) is 4.90 Å². The Balaban J connectivity index is 2.13. The summed E-state index contributed by atoms with van der Waals surface area (Å²) in [4.78, 5) is 13.1. The summed E-state index contributed by atoms with van der Waals surface area (Å²) in [5, 5.41) is 0. The number of nitrogens with zero attached hydrogens (tertiary/aromatic N) is 2. The van der Waals surface area contributed by atoms with Crippen LogP contribution in [0.15, 0.2) is 18.2 Å². The highest BCUT2D eigenvalue weighted by Gasteiger charge is 2.52. The van der Waals surface area contributed by atoms with Crippen molar-refractivity contribution >= 4 is 24.4 Å². The van der Waals surface area contributed by atoms with Gasteiger partial charge in [-0.25, -0.2) is 4.79 Å². The van der Waals surface area contributed by atoms with Gasteiger partial charge in [-0.1, -0.05) is 6.07 Å². The van der Waals surface area contributed by atoms with Crippen LogP contribution in [-0.4, -0.2) is 68.0 Å². The van der Waals surface area contributed by atoms with Crippen molar-refractivity contribution in [2.24, 2.45) is 0 Å². The summed E-state index contributed by atoms with van der Waals surface area (Å²) >= 11 is 0. The molecule has 3 rings (SSSR count). The minimum Gasteiger partial charge on any atom is -0.497 e. The zero-order valence-corrected chi connectivity index (χ0v) is 18.7. The van der Waals surface area contributed by atoms with E-state index in [0.29, 0.717) is 10.4 Å². The average Bonchev–Trinajstić information content (AvgIpc) is 2.91. The largest absolute Gasteiger partial charge is 0.498 e. The van der Waals surface area contributed by atoms with Gasteiger partial charge in [0.1, 0.15) is 11.4 Å². The monoisotopic (exact) mass is 426 g/mol. The van der Waals surface area contributed by atoms with Gasteiger partial charge < -0.3 is 28.6 Å². The third-order valence-corrected chi connectivity index (χ3v) is 5.11. The van der Waals surface area contributed by atoms with Crippen molar-refractivity contribution in [3.05, 3.63) is 18.2 Å². The number of benzene rings is 1. The molecule has 1 amide bonds. The van der Waals surface area contributed by atoms with E-state index in [1.807, 2.05) is 27.7 Å². The van der Waals surface area contributed by atoms with Crippen LogP contribution in [0.25, 0.3) is 0 Å². The van der Waals surface area contributed by atoms with E-state index in [0.717, 1.165) is 0 Å². The molecule has 2 fully saturated rings. The fourth-order valence-electron chi connectivity index (χ4n) is 2.79. The van der Waals surface area contributed by atoms with Crippen molar-refractivity contribution in [3.63, 3.8) is 0 Å². The zero-order chi connectivity index (χ0) is 29.5. The Kier molecular flexibility index (Phi) is 3.77. The van der Waals surface area contributed by atoms with Crippen molar-refractivity contribution < 1.29 is 34.5 Å². The number of carbonyl (C=O) groups is 1. The van der Waals surface area contributed by atoms with Crippen molar-refractivity contribution in [2.45, 2.75) is 65.3 Å². The molecule has 166 valence electrons. The molecule has 2 heterocycles. The SMILES string of the molecule is [2H]C1([2H])N(C(=O)OC(C)(C)C)C([2H])([2H])C([2H])([2H])N(c2ccc(B3OC(C)(C)C(C)(C)O3)c(OC)c2)C1([2H])[2H]. The van der Waals surface area contributed by atoms with E-state index in [9.17, 15) is 4.79 Å². The summed E-state index contributed by atoms with van der Waals surface area (Å²) in [5.74, 6) is 0.128. The molecule has 0 atom stereocenters. The van der Waals surface area contributed by atoms with E-state index in [-0.39, 0.29) is 16.3 Å². The molecule has 0 aromatic heterocycles. The van der Waals surface area contributed by atoms with Gasteiger partial charge in [0, 0.05) is 43.2 Å². The quantitative estimate of drug-likeness (QED) is 0.693. The molecule has 8 heteroatoms. The molecule has 0 radical (unpaired) electrons. The smallest absolute Gasteiger partial charge is 0.497 e. The van der Waals surface area contributed by atoms with E-state index in [4.69, 9.17) is 29.7 Å². The van der Waals surface area contributed by atoms with E-state index in [1.165, 1.54) is 46.1 Å². The first-order chi connectivity index (χ1) is 16.8. The molecule has 30 heavy (non-hydrogen) atoms. The first-order valence-corrected chi connectivity index (χ1v) is 9.72. The minimum atomic E-state index is -3.37. The van der Waals surface area contributed by atoms with Crippen LogP contribution in [0.3, 0.4) is 0 Å². The van der Waals surface area contributed by atoms with Gasteiger partial charge in [-0.15, -0.1) is 0 Å². The second kappa shape index (κ2) is 7.96. The number of methoxy groups -OCH3 is 1. The van der Waals surface area contributed by atoms with E-state index >= 15 is 0 Å². The van der Waals surface area contributed by atoms with Crippen LogP contribution in [0.4, 0.5) is 10.5 Å². The van der Waals surface area contributed by atoms with Gasteiger partial charge in [-0.2, -0.15) is 0 Å². The summed E-state index contributed by atoms with van der Waals surface area (Å²) in [5.41, 5.74) is -2.31. The van der Waals surface area contributed by atoms with Crippen molar-refractivity contribution in [1.29, 1.82) is 0 Å². The van der Waals surface area contributed by atoms with Gasteiger partial charge in [0.25, 0.3) is 0 Å². The van der Waals surface area contributed by atoms with Gasteiger partial charge in [0.05, 0.1) is 29.3 Å². The number of amides is 1. The lowest BCUT2D eigenvalue weighted by Gasteiger charge is -2.37. The second-order valence-corrected chi connectivity index (χ2v) is 9.11.